The van der Waals surface area contributed by atoms with Crippen molar-refractivity contribution in [2.75, 3.05) is 26.8 Å². The van der Waals surface area contributed by atoms with Crippen LogP contribution in [0.5, 0.6) is 0 Å². The van der Waals surface area contributed by atoms with Gasteiger partial charge in [0.1, 0.15) is 0 Å². The fourth-order valence-electron chi connectivity index (χ4n) is 2.34. The quantitative estimate of drug-likeness (QED) is 0.473. The van der Waals surface area contributed by atoms with Crippen molar-refractivity contribution in [1.29, 1.82) is 0 Å². The van der Waals surface area contributed by atoms with Gasteiger partial charge in [-0.3, -0.25) is 4.79 Å². The molecule has 1 amide bonds. The number of rotatable bonds is 13. The predicted molar refractivity (Wildman–Crippen MR) is 85.9 cm³/mol. The monoisotopic (exact) mass is 285 g/mol. The molecule has 0 spiro atoms. The van der Waals surface area contributed by atoms with Crippen molar-refractivity contribution >= 4 is 5.91 Å². The lowest BCUT2D eigenvalue weighted by atomic mass is 10.1. The molecular weight excluding hydrogens is 250 g/mol. The standard InChI is InChI=1S/C17H35NO2/c1-5-6-7-8-9-10-11-12-13-18(14-15-20-4)17(19)16(2)3/h16H,5-15H2,1-4H3. The molecule has 0 atom stereocenters. The number of methoxy groups -OCH3 is 1. The van der Waals surface area contributed by atoms with E-state index in [0.717, 1.165) is 19.5 Å². The first-order valence-electron chi connectivity index (χ1n) is 8.41. The van der Waals surface area contributed by atoms with E-state index in [-0.39, 0.29) is 11.8 Å². The Labute approximate surface area is 126 Å². The first kappa shape index (κ1) is 19.4. The fourth-order valence-corrected chi connectivity index (χ4v) is 2.34. The lowest BCUT2D eigenvalue weighted by molar-refractivity contribution is -0.135. The summed E-state index contributed by atoms with van der Waals surface area (Å²) in [6.07, 6.45) is 10.4. The Morgan fingerprint density at radius 3 is 2.00 bits per heavy atom. The van der Waals surface area contributed by atoms with Gasteiger partial charge in [0.05, 0.1) is 6.61 Å². The molecular formula is C17H35NO2. The molecule has 0 unspecified atom stereocenters. The van der Waals surface area contributed by atoms with Gasteiger partial charge in [0.2, 0.25) is 5.91 Å². The minimum Gasteiger partial charge on any atom is -0.383 e. The van der Waals surface area contributed by atoms with Crippen LogP contribution < -0.4 is 0 Å². The average Bonchev–Trinajstić information content (AvgIpc) is 2.44. The smallest absolute Gasteiger partial charge is 0.225 e. The third-order valence-corrected chi connectivity index (χ3v) is 3.65. The highest BCUT2D eigenvalue weighted by Gasteiger charge is 2.15. The van der Waals surface area contributed by atoms with E-state index in [1.807, 2.05) is 18.7 Å². The number of carbonyl (C=O) groups is 1. The molecule has 0 aliphatic carbocycles. The topological polar surface area (TPSA) is 29.5 Å². The van der Waals surface area contributed by atoms with Crippen LogP contribution in [0, 0.1) is 5.92 Å². The summed E-state index contributed by atoms with van der Waals surface area (Å²) < 4.78 is 5.09. The number of hydrogen-bond donors (Lipinski definition) is 0. The average molecular weight is 285 g/mol. The van der Waals surface area contributed by atoms with Crippen LogP contribution in [0.4, 0.5) is 0 Å². The van der Waals surface area contributed by atoms with Gasteiger partial charge >= 0.3 is 0 Å². The van der Waals surface area contributed by atoms with Gasteiger partial charge in [0.25, 0.3) is 0 Å². The molecule has 3 heteroatoms. The number of unbranched alkanes of at least 4 members (excludes halogenated alkanes) is 7. The van der Waals surface area contributed by atoms with Crippen LogP contribution in [0.2, 0.25) is 0 Å². The van der Waals surface area contributed by atoms with E-state index >= 15 is 0 Å². The first-order chi connectivity index (χ1) is 9.63. The van der Waals surface area contributed by atoms with Gasteiger partial charge in [-0.2, -0.15) is 0 Å². The Morgan fingerprint density at radius 2 is 1.50 bits per heavy atom. The van der Waals surface area contributed by atoms with Crippen molar-refractivity contribution in [2.45, 2.75) is 72.1 Å². The van der Waals surface area contributed by atoms with Crippen LogP contribution in [0.25, 0.3) is 0 Å². The van der Waals surface area contributed by atoms with Crippen LogP contribution in [-0.2, 0) is 9.53 Å². The lowest BCUT2D eigenvalue weighted by Gasteiger charge is -2.24. The third-order valence-electron chi connectivity index (χ3n) is 3.65. The first-order valence-corrected chi connectivity index (χ1v) is 8.41. The molecule has 0 saturated carbocycles. The Morgan fingerprint density at radius 1 is 0.950 bits per heavy atom. The van der Waals surface area contributed by atoms with Gasteiger partial charge in [-0.1, -0.05) is 65.7 Å². The van der Waals surface area contributed by atoms with E-state index in [1.54, 1.807) is 7.11 Å². The van der Waals surface area contributed by atoms with E-state index in [1.165, 1.54) is 44.9 Å². The molecule has 0 saturated heterocycles. The maximum absolute atomic E-state index is 12.1. The summed E-state index contributed by atoms with van der Waals surface area (Å²) >= 11 is 0. The van der Waals surface area contributed by atoms with Crippen molar-refractivity contribution < 1.29 is 9.53 Å². The highest BCUT2D eigenvalue weighted by molar-refractivity contribution is 5.78. The number of carbonyl (C=O) groups excluding carboxylic acids is 1. The number of ether oxygens (including phenoxy) is 1. The SMILES string of the molecule is CCCCCCCCCCN(CCOC)C(=O)C(C)C. The van der Waals surface area contributed by atoms with Crippen LogP contribution >= 0.6 is 0 Å². The molecule has 0 fully saturated rings. The minimum absolute atomic E-state index is 0.0842. The Balaban J connectivity index is 3.71. The molecule has 0 N–H and O–H groups in total. The summed E-state index contributed by atoms with van der Waals surface area (Å²) in [5.41, 5.74) is 0. The maximum atomic E-state index is 12.1. The molecule has 0 aliphatic rings. The molecule has 0 bridgehead atoms. The van der Waals surface area contributed by atoms with Gasteiger partial charge in [0.15, 0.2) is 0 Å². The molecule has 0 aliphatic heterocycles. The molecule has 0 aromatic heterocycles. The normalized spacial score (nSPS) is 11.1. The van der Waals surface area contributed by atoms with Gasteiger partial charge in [-0.05, 0) is 6.42 Å². The summed E-state index contributed by atoms with van der Waals surface area (Å²) in [6, 6.07) is 0. The molecule has 0 aromatic rings. The third kappa shape index (κ3) is 10.2. The van der Waals surface area contributed by atoms with E-state index in [0.29, 0.717) is 6.61 Å². The van der Waals surface area contributed by atoms with Crippen molar-refractivity contribution in [3.63, 3.8) is 0 Å². The fraction of sp³-hybridized carbons (Fsp3) is 0.941. The number of amides is 1. The van der Waals surface area contributed by atoms with Crippen LogP contribution in [0.1, 0.15) is 72.1 Å². The summed E-state index contributed by atoms with van der Waals surface area (Å²) in [6.45, 7) is 8.43. The molecule has 20 heavy (non-hydrogen) atoms. The second-order valence-electron chi connectivity index (χ2n) is 5.95. The molecule has 0 aromatic carbocycles. The number of hydrogen-bond acceptors (Lipinski definition) is 2. The lowest BCUT2D eigenvalue weighted by Crippen LogP contribution is -2.37. The zero-order valence-electron chi connectivity index (χ0n) is 14.1. The largest absolute Gasteiger partial charge is 0.383 e. The van der Waals surface area contributed by atoms with Crippen molar-refractivity contribution in [2.24, 2.45) is 5.92 Å². The van der Waals surface area contributed by atoms with Gasteiger partial charge in [0, 0.05) is 26.1 Å². The van der Waals surface area contributed by atoms with Crippen LogP contribution in [-0.4, -0.2) is 37.6 Å². The Hall–Kier alpha value is -0.570. The zero-order chi connectivity index (χ0) is 15.2. The number of nitrogens with zero attached hydrogens (tertiary/aromatic N) is 1. The molecule has 0 rings (SSSR count). The molecule has 120 valence electrons. The highest BCUT2D eigenvalue weighted by Crippen LogP contribution is 2.10. The summed E-state index contributed by atoms with van der Waals surface area (Å²) in [5.74, 6) is 0.339. The maximum Gasteiger partial charge on any atom is 0.225 e. The molecule has 0 radical (unpaired) electrons. The van der Waals surface area contributed by atoms with E-state index in [9.17, 15) is 4.79 Å². The van der Waals surface area contributed by atoms with Crippen molar-refractivity contribution in [3.8, 4) is 0 Å². The minimum atomic E-state index is 0.0842. The Kier molecular flexibility index (Phi) is 13.0. The molecule has 0 heterocycles. The van der Waals surface area contributed by atoms with E-state index < -0.39 is 0 Å². The van der Waals surface area contributed by atoms with Gasteiger partial charge in [-0.15, -0.1) is 0 Å². The van der Waals surface area contributed by atoms with Gasteiger partial charge < -0.3 is 9.64 Å². The van der Waals surface area contributed by atoms with Crippen molar-refractivity contribution in [1.82, 2.24) is 4.90 Å². The van der Waals surface area contributed by atoms with Crippen LogP contribution in [0.3, 0.4) is 0 Å². The zero-order valence-corrected chi connectivity index (χ0v) is 14.1. The van der Waals surface area contributed by atoms with Gasteiger partial charge in [-0.25, -0.2) is 0 Å². The predicted octanol–water partition coefficient (Wildman–Crippen LogP) is 4.26. The van der Waals surface area contributed by atoms with Crippen molar-refractivity contribution in [3.05, 3.63) is 0 Å². The summed E-state index contributed by atoms with van der Waals surface area (Å²) in [4.78, 5) is 14.0. The van der Waals surface area contributed by atoms with E-state index in [4.69, 9.17) is 4.74 Å². The van der Waals surface area contributed by atoms with E-state index in [2.05, 4.69) is 6.92 Å². The Bertz CT molecular complexity index is 229. The van der Waals surface area contributed by atoms with Crippen LogP contribution in [0.15, 0.2) is 0 Å². The summed E-state index contributed by atoms with van der Waals surface area (Å²) in [5, 5.41) is 0. The molecule has 3 nitrogen and oxygen atoms in total. The highest BCUT2D eigenvalue weighted by atomic mass is 16.5. The second-order valence-corrected chi connectivity index (χ2v) is 5.95. The summed E-state index contributed by atoms with van der Waals surface area (Å²) in [7, 11) is 1.69. The second kappa shape index (κ2) is 13.4.